The van der Waals surface area contributed by atoms with Crippen LogP contribution in [0.25, 0.3) is 0 Å². The largest absolute Gasteiger partial charge is 0.206 e. The van der Waals surface area contributed by atoms with Gasteiger partial charge in [-0.05, 0) is 24.6 Å². The number of hydrogen-bond donors (Lipinski definition) is 0. The maximum absolute atomic E-state index is 12.6. The van der Waals surface area contributed by atoms with Crippen LogP contribution in [0.1, 0.15) is 25.0 Å². The predicted octanol–water partition coefficient (Wildman–Crippen LogP) is 3.14. The molecule has 0 saturated carbocycles. The van der Waals surface area contributed by atoms with Gasteiger partial charge in [-0.2, -0.15) is 0 Å². The van der Waals surface area contributed by atoms with E-state index in [1.54, 1.807) is 12.1 Å². The van der Waals surface area contributed by atoms with Crippen LogP contribution in [-0.2, 0) is 0 Å². The molecule has 0 atom stereocenters. The van der Waals surface area contributed by atoms with Gasteiger partial charge in [0.1, 0.15) is 5.82 Å². The average molecular weight is 164 g/mol. The van der Waals surface area contributed by atoms with Crippen molar-refractivity contribution in [1.82, 2.24) is 0 Å². The molecule has 0 aliphatic heterocycles. The fraction of sp³-hybridized carbons (Fsp3) is 0.273. The lowest BCUT2D eigenvalue weighted by Crippen LogP contribution is -1.83. The van der Waals surface area contributed by atoms with Crippen molar-refractivity contribution < 1.29 is 4.39 Å². The summed E-state index contributed by atoms with van der Waals surface area (Å²) >= 11 is 0. The molecule has 0 bridgehead atoms. The summed E-state index contributed by atoms with van der Waals surface area (Å²) in [6.45, 7) is 5.88. The topological polar surface area (TPSA) is 0 Å². The number of benzene rings is 1. The average Bonchev–Trinajstić information content (AvgIpc) is 2.13. The van der Waals surface area contributed by atoms with Crippen molar-refractivity contribution in [3.8, 4) is 12.3 Å². The van der Waals surface area contributed by atoms with Crippen LogP contribution in [0.3, 0.4) is 0 Å². The third kappa shape index (κ3) is 2.75. The molecule has 12 heavy (non-hydrogen) atoms. The molecule has 0 aliphatic carbocycles. The Morgan fingerprint density at radius 1 is 1.33 bits per heavy atom. The van der Waals surface area contributed by atoms with Gasteiger partial charge in [-0.25, -0.2) is 4.39 Å². The molecule has 0 saturated heterocycles. The second-order valence-electron chi connectivity index (χ2n) is 2.13. The first-order chi connectivity index (χ1) is 5.74. The van der Waals surface area contributed by atoms with Crippen LogP contribution < -0.4 is 0 Å². The lowest BCUT2D eigenvalue weighted by Gasteiger charge is -1.94. The molecule has 1 rings (SSSR count). The van der Waals surface area contributed by atoms with Crippen molar-refractivity contribution in [2.24, 2.45) is 0 Å². The van der Waals surface area contributed by atoms with Gasteiger partial charge in [0.2, 0.25) is 0 Å². The van der Waals surface area contributed by atoms with Crippen LogP contribution in [0.5, 0.6) is 0 Å². The van der Waals surface area contributed by atoms with Crippen LogP contribution in [0.4, 0.5) is 4.39 Å². The second-order valence-corrected chi connectivity index (χ2v) is 2.13. The van der Waals surface area contributed by atoms with Crippen LogP contribution in [0.15, 0.2) is 18.2 Å². The first-order valence-corrected chi connectivity index (χ1v) is 3.97. The highest BCUT2D eigenvalue weighted by Crippen LogP contribution is 2.07. The number of terminal acetylenes is 1. The summed E-state index contributed by atoms with van der Waals surface area (Å²) in [4.78, 5) is 0. The quantitative estimate of drug-likeness (QED) is 0.517. The monoisotopic (exact) mass is 164 g/mol. The first kappa shape index (κ1) is 10.7. The molecule has 1 aromatic carbocycles. The molecule has 0 fully saturated rings. The maximum Gasteiger partial charge on any atom is 0.138 e. The summed E-state index contributed by atoms with van der Waals surface area (Å²) in [5.41, 5.74) is 1.31. The summed E-state index contributed by atoms with van der Waals surface area (Å²) in [5, 5.41) is 0. The molecule has 1 heteroatoms. The number of hydrogen-bond acceptors (Lipinski definition) is 0. The molecule has 0 spiro atoms. The van der Waals surface area contributed by atoms with Crippen LogP contribution >= 0.6 is 0 Å². The maximum atomic E-state index is 12.6. The second kappa shape index (κ2) is 5.37. The smallest absolute Gasteiger partial charge is 0.138 e. The number of aryl methyl sites for hydroxylation is 1. The SMILES string of the molecule is C#Cc1cc(C)ccc1F.CC. The van der Waals surface area contributed by atoms with E-state index >= 15 is 0 Å². The van der Waals surface area contributed by atoms with Gasteiger partial charge in [-0.15, -0.1) is 6.42 Å². The molecule has 0 nitrogen and oxygen atoms in total. The molecule has 0 unspecified atom stereocenters. The normalized spacial score (nSPS) is 7.92. The van der Waals surface area contributed by atoms with Crippen molar-refractivity contribution >= 4 is 0 Å². The fourth-order valence-corrected chi connectivity index (χ4v) is 0.750. The van der Waals surface area contributed by atoms with Gasteiger partial charge in [0.15, 0.2) is 0 Å². The van der Waals surface area contributed by atoms with Gasteiger partial charge in [0.05, 0.1) is 5.56 Å². The van der Waals surface area contributed by atoms with Crippen LogP contribution in [0, 0.1) is 25.1 Å². The minimum absolute atomic E-state index is 0.326. The van der Waals surface area contributed by atoms with E-state index in [4.69, 9.17) is 6.42 Å². The summed E-state index contributed by atoms with van der Waals surface area (Å²) in [6.07, 6.45) is 5.03. The van der Waals surface area contributed by atoms with Gasteiger partial charge in [-0.1, -0.05) is 25.8 Å². The zero-order valence-corrected chi connectivity index (χ0v) is 7.69. The van der Waals surface area contributed by atoms with E-state index in [1.807, 2.05) is 20.8 Å². The van der Waals surface area contributed by atoms with E-state index in [1.165, 1.54) is 6.07 Å². The molecule has 0 aromatic heterocycles. The van der Waals surface area contributed by atoms with E-state index in [0.717, 1.165) is 5.56 Å². The highest BCUT2D eigenvalue weighted by molar-refractivity contribution is 5.36. The third-order valence-electron chi connectivity index (χ3n) is 1.28. The summed E-state index contributed by atoms with van der Waals surface area (Å²) in [7, 11) is 0. The number of rotatable bonds is 0. The molecular weight excluding hydrogens is 151 g/mol. The third-order valence-corrected chi connectivity index (χ3v) is 1.28. The molecule has 0 aliphatic rings. The van der Waals surface area contributed by atoms with Crippen molar-refractivity contribution in [3.63, 3.8) is 0 Å². The van der Waals surface area contributed by atoms with Crippen molar-refractivity contribution in [2.75, 3.05) is 0 Å². The standard InChI is InChI=1S/C9H7F.C2H6/c1-3-8-6-7(2)4-5-9(8)10;1-2/h1,4-6H,2H3;1-2H3. The summed E-state index contributed by atoms with van der Waals surface area (Å²) in [5.74, 6) is 1.94. The molecular formula is C11H13F. The minimum Gasteiger partial charge on any atom is -0.206 e. The Bertz CT molecular complexity index is 282. The van der Waals surface area contributed by atoms with Crippen molar-refractivity contribution in [3.05, 3.63) is 35.1 Å². The summed E-state index contributed by atoms with van der Waals surface area (Å²) in [6, 6.07) is 4.72. The highest BCUT2D eigenvalue weighted by Gasteiger charge is 1.96. The van der Waals surface area contributed by atoms with Crippen LogP contribution in [-0.4, -0.2) is 0 Å². The highest BCUT2D eigenvalue weighted by atomic mass is 19.1. The Labute approximate surface area is 73.4 Å². The van der Waals surface area contributed by atoms with Gasteiger partial charge in [0, 0.05) is 0 Å². The van der Waals surface area contributed by atoms with Gasteiger partial charge < -0.3 is 0 Å². The van der Waals surface area contributed by atoms with Gasteiger partial charge in [0.25, 0.3) is 0 Å². The van der Waals surface area contributed by atoms with E-state index in [9.17, 15) is 4.39 Å². The van der Waals surface area contributed by atoms with Crippen molar-refractivity contribution in [1.29, 1.82) is 0 Å². The molecule has 0 N–H and O–H groups in total. The first-order valence-electron chi connectivity index (χ1n) is 3.97. The van der Waals surface area contributed by atoms with Gasteiger partial charge >= 0.3 is 0 Å². The Morgan fingerprint density at radius 2 is 1.92 bits per heavy atom. The summed E-state index contributed by atoms with van der Waals surface area (Å²) < 4.78 is 12.6. The zero-order chi connectivity index (χ0) is 9.56. The Hall–Kier alpha value is -1.29. The predicted molar refractivity (Wildman–Crippen MR) is 50.4 cm³/mol. The van der Waals surface area contributed by atoms with E-state index in [0.29, 0.717) is 5.56 Å². The Morgan fingerprint density at radius 3 is 2.33 bits per heavy atom. The zero-order valence-electron chi connectivity index (χ0n) is 7.69. The lowest BCUT2D eigenvalue weighted by molar-refractivity contribution is 0.624. The lowest BCUT2D eigenvalue weighted by atomic mass is 10.1. The molecule has 64 valence electrons. The van der Waals surface area contributed by atoms with Crippen molar-refractivity contribution in [2.45, 2.75) is 20.8 Å². The molecule has 0 radical (unpaired) electrons. The van der Waals surface area contributed by atoms with E-state index < -0.39 is 0 Å². The number of halogens is 1. The Balaban J connectivity index is 0.000000561. The molecule has 0 heterocycles. The molecule has 0 amide bonds. The van der Waals surface area contributed by atoms with Gasteiger partial charge in [-0.3, -0.25) is 0 Å². The van der Waals surface area contributed by atoms with E-state index in [2.05, 4.69) is 5.92 Å². The Kier molecular flexibility index (Phi) is 4.79. The van der Waals surface area contributed by atoms with E-state index in [-0.39, 0.29) is 5.82 Å². The molecule has 1 aromatic rings. The minimum atomic E-state index is -0.326. The fourth-order valence-electron chi connectivity index (χ4n) is 0.750. The van der Waals surface area contributed by atoms with Crippen LogP contribution in [0.2, 0.25) is 0 Å².